The highest BCUT2D eigenvalue weighted by molar-refractivity contribution is 7.82. The van der Waals surface area contributed by atoms with E-state index in [0.29, 0.717) is 11.6 Å². The maximum absolute atomic E-state index is 10.2. The van der Waals surface area contributed by atoms with Crippen LogP contribution < -0.4 is 5.14 Å². The minimum absolute atomic E-state index is 0.576. The zero-order valence-corrected chi connectivity index (χ0v) is 6.17. The second-order valence-corrected chi connectivity index (χ2v) is 3.03. The summed E-state index contributed by atoms with van der Waals surface area (Å²) in [5.41, 5.74) is 0. The summed E-state index contributed by atoms with van der Waals surface area (Å²) in [7, 11) is -1.13. The summed E-state index contributed by atoms with van der Waals surface area (Å²) in [6.07, 6.45) is 1.77. The molecule has 0 fully saturated rings. The number of rotatable bonds is 4. The van der Waals surface area contributed by atoms with Crippen LogP contribution in [0.5, 0.6) is 0 Å². The molecule has 0 aliphatic rings. The summed E-state index contributed by atoms with van der Waals surface area (Å²) >= 11 is 5.35. The largest absolute Gasteiger partial charge is 0.252 e. The van der Waals surface area contributed by atoms with Crippen molar-refractivity contribution in [2.24, 2.45) is 5.14 Å². The van der Waals surface area contributed by atoms with Gasteiger partial charge >= 0.3 is 0 Å². The molecule has 0 bridgehead atoms. The fourth-order valence-corrected chi connectivity index (χ4v) is 1.02. The summed E-state index contributed by atoms with van der Waals surface area (Å²) in [5.74, 6) is 1.21. The van der Waals surface area contributed by atoms with Crippen LogP contribution in [0.2, 0.25) is 0 Å². The first-order valence-electron chi connectivity index (χ1n) is 2.46. The highest BCUT2D eigenvalue weighted by Gasteiger charge is 1.89. The van der Waals surface area contributed by atoms with Gasteiger partial charge in [0.2, 0.25) is 0 Å². The van der Waals surface area contributed by atoms with Crippen molar-refractivity contribution in [3.05, 3.63) is 0 Å². The van der Waals surface area contributed by atoms with Gasteiger partial charge in [0.05, 0.1) is 11.0 Å². The second-order valence-electron chi connectivity index (χ2n) is 1.48. The van der Waals surface area contributed by atoms with Crippen LogP contribution in [0.25, 0.3) is 0 Å². The third kappa shape index (κ3) is 6.40. The van der Waals surface area contributed by atoms with Crippen LogP contribution in [0, 0.1) is 0 Å². The van der Waals surface area contributed by atoms with Crippen molar-refractivity contribution >= 4 is 22.6 Å². The van der Waals surface area contributed by atoms with Crippen molar-refractivity contribution in [3.63, 3.8) is 0 Å². The van der Waals surface area contributed by atoms with Crippen LogP contribution in [0.4, 0.5) is 0 Å². The van der Waals surface area contributed by atoms with E-state index < -0.39 is 11.0 Å². The molecule has 2 N–H and O–H groups in total. The average Bonchev–Trinajstić information content (AvgIpc) is 1.66. The van der Waals surface area contributed by atoms with Gasteiger partial charge < -0.3 is 0 Å². The van der Waals surface area contributed by atoms with Gasteiger partial charge in [0, 0.05) is 11.6 Å². The Morgan fingerprint density at radius 1 is 1.50 bits per heavy atom. The number of alkyl halides is 1. The molecule has 0 aliphatic carbocycles. The first-order valence-corrected chi connectivity index (χ1v) is 4.37. The van der Waals surface area contributed by atoms with Gasteiger partial charge in [-0.25, -0.2) is 4.21 Å². The van der Waals surface area contributed by atoms with Crippen molar-refractivity contribution in [1.29, 1.82) is 0 Å². The SMILES string of the molecule is NS(=O)CCCCCl. The lowest BCUT2D eigenvalue weighted by atomic mass is 10.4. The van der Waals surface area contributed by atoms with Crippen molar-refractivity contribution < 1.29 is 4.21 Å². The van der Waals surface area contributed by atoms with Crippen LogP contribution >= 0.6 is 11.6 Å². The van der Waals surface area contributed by atoms with Crippen LogP contribution in [0.3, 0.4) is 0 Å². The van der Waals surface area contributed by atoms with Crippen molar-refractivity contribution in [2.45, 2.75) is 12.8 Å². The first kappa shape index (κ1) is 8.40. The lowest BCUT2D eigenvalue weighted by Crippen LogP contribution is -2.06. The molecule has 8 heavy (non-hydrogen) atoms. The van der Waals surface area contributed by atoms with Crippen LogP contribution in [-0.2, 0) is 11.0 Å². The molecule has 1 atom stereocenters. The zero-order valence-electron chi connectivity index (χ0n) is 4.60. The van der Waals surface area contributed by atoms with Gasteiger partial charge in [0.1, 0.15) is 0 Å². The molecule has 0 rings (SSSR count). The molecule has 0 heterocycles. The van der Waals surface area contributed by atoms with Crippen LogP contribution in [0.15, 0.2) is 0 Å². The number of halogens is 1. The predicted molar refractivity (Wildman–Crippen MR) is 37.2 cm³/mol. The van der Waals surface area contributed by atoms with E-state index >= 15 is 0 Å². The van der Waals surface area contributed by atoms with E-state index in [1.165, 1.54) is 0 Å². The van der Waals surface area contributed by atoms with Gasteiger partial charge in [0.25, 0.3) is 0 Å². The third-order valence-electron chi connectivity index (χ3n) is 0.729. The topological polar surface area (TPSA) is 43.1 Å². The van der Waals surface area contributed by atoms with E-state index in [4.69, 9.17) is 16.7 Å². The summed E-state index contributed by atoms with van der Waals surface area (Å²) in [6, 6.07) is 0. The molecule has 0 aromatic heterocycles. The Kier molecular flexibility index (Phi) is 5.81. The van der Waals surface area contributed by atoms with Gasteiger partial charge in [-0.05, 0) is 12.8 Å². The second kappa shape index (κ2) is 5.54. The number of nitrogens with two attached hydrogens (primary N) is 1. The quantitative estimate of drug-likeness (QED) is 0.470. The smallest absolute Gasteiger partial charge is 0.0887 e. The fourth-order valence-electron chi connectivity index (χ4n) is 0.339. The normalized spacial score (nSPS) is 13.8. The molecule has 0 amide bonds. The Bertz CT molecular complexity index is 78.4. The molecular weight excluding hydrogens is 146 g/mol. The molecule has 0 radical (unpaired) electrons. The Labute approximate surface area is 57.0 Å². The predicted octanol–water partition coefficient (Wildman–Crippen LogP) is 0.628. The highest BCUT2D eigenvalue weighted by Crippen LogP contribution is 1.91. The molecule has 50 valence electrons. The number of unbranched alkanes of at least 4 members (excludes halogenated alkanes) is 1. The number of hydrogen-bond acceptors (Lipinski definition) is 1. The Balaban J connectivity index is 2.82. The van der Waals surface area contributed by atoms with Gasteiger partial charge in [0.15, 0.2) is 0 Å². The lowest BCUT2D eigenvalue weighted by molar-refractivity contribution is 0.681. The molecular formula is C4H10ClNOS. The summed E-state index contributed by atoms with van der Waals surface area (Å²) < 4.78 is 10.2. The van der Waals surface area contributed by atoms with E-state index in [2.05, 4.69) is 0 Å². The first-order chi connectivity index (χ1) is 3.77. The highest BCUT2D eigenvalue weighted by atomic mass is 35.5. The van der Waals surface area contributed by atoms with Crippen LogP contribution in [-0.4, -0.2) is 15.8 Å². The molecule has 0 aliphatic heterocycles. The molecule has 4 heteroatoms. The summed E-state index contributed by atoms with van der Waals surface area (Å²) in [6.45, 7) is 0. The van der Waals surface area contributed by atoms with E-state index in [1.54, 1.807) is 0 Å². The van der Waals surface area contributed by atoms with E-state index in [9.17, 15) is 4.21 Å². The molecule has 2 nitrogen and oxygen atoms in total. The fraction of sp³-hybridized carbons (Fsp3) is 1.00. The molecule has 0 saturated heterocycles. The average molecular weight is 156 g/mol. The Morgan fingerprint density at radius 3 is 2.50 bits per heavy atom. The summed E-state index contributed by atoms with van der Waals surface area (Å²) in [4.78, 5) is 0. The zero-order chi connectivity index (χ0) is 6.41. The lowest BCUT2D eigenvalue weighted by Gasteiger charge is -1.90. The van der Waals surface area contributed by atoms with Crippen molar-refractivity contribution in [3.8, 4) is 0 Å². The van der Waals surface area contributed by atoms with Crippen LogP contribution in [0.1, 0.15) is 12.8 Å². The maximum atomic E-state index is 10.2. The van der Waals surface area contributed by atoms with Gasteiger partial charge in [-0.2, -0.15) is 0 Å². The molecule has 0 aromatic carbocycles. The van der Waals surface area contributed by atoms with E-state index in [0.717, 1.165) is 12.8 Å². The molecule has 1 unspecified atom stereocenters. The van der Waals surface area contributed by atoms with Gasteiger partial charge in [-0.1, -0.05) is 0 Å². The third-order valence-corrected chi connectivity index (χ3v) is 1.69. The van der Waals surface area contributed by atoms with E-state index in [1.807, 2.05) is 0 Å². The standard InChI is InChI=1S/C4H10ClNOS/c5-3-1-2-4-8(6)7/h1-4,6H2. The van der Waals surface area contributed by atoms with E-state index in [-0.39, 0.29) is 0 Å². The van der Waals surface area contributed by atoms with Crippen molar-refractivity contribution in [2.75, 3.05) is 11.6 Å². The van der Waals surface area contributed by atoms with Gasteiger partial charge in [-0.15, -0.1) is 11.6 Å². The summed E-state index contributed by atoms with van der Waals surface area (Å²) in [5, 5.41) is 4.96. The number of hydrogen-bond donors (Lipinski definition) is 1. The molecule has 0 saturated carbocycles. The Hall–Kier alpha value is 0.400. The maximum Gasteiger partial charge on any atom is 0.0887 e. The minimum atomic E-state index is -1.13. The van der Waals surface area contributed by atoms with Gasteiger partial charge in [-0.3, -0.25) is 5.14 Å². The van der Waals surface area contributed by atoms with Crippen molar-refractivity contribution in [1.82, 2.24) is 0 Å². The monoisotopic (exact) mass is 155 g/mol. The molecule has 0 aromatic rings. The molecule has 0 spiro atoms. The minimum Gasteiger partial charge on any atom is -0.252 e. The Morgan fingerprint density at radius 2 is 2.12 bits per heavy atom.